The summed E-state index contributed by atoms with van der Waals surface area (Å²) in [6.07, 6.45) is 4.46. The molecule has 1 aliphatic carbocycles. The Morgan fingerprint density at radius 2 is 1.94 bits per heavy atom. The van der Waals surface area contributed by atoms with Gasteiger partial charge in [0.2, 0.25) is 5.82 Å². The lowest BCUT2D eigenvalue weighted by Gasteiger charge is -2.31. The van der Waals surface area contributed by atoms with Gasteiger partial charge in [-0.25, -0.2) is 0 Å². The predicted octanol–water partition coefficient (Wildman–Crippen LogP) is 4.44. The Morgan fingerprint density at radius 1 is 1.21 bits per heavy atom. The molecule has 0 amide bonds. The molecule has 5 rings (SSSR count). The van der Waals surface area contributed by atoms with E-state index >= 15 is 0 Å². The molecule has 1 saturated heterocycles. The van der Waals surface area contributed by atoms with Crippen LogP contribution >= 0.6 is 0 Å². The molecule has 2 aromatic heterocycles. The molecule has 174 valence electrons. The average Bonchev–Trinajstić information content (AvgIpc) is 3.43. The number of nitrogens with zero attached hydrogens (tertiary/aromatic N) is 5. The summed E-state index contributed by atoms with van der Waals surface area (Å²) in [7, 11) is 0. The number of benzene rings is 1. The van der Waals surface area contributed by atoms with Gasteiger partial charge >= 0.3 is 5.97 Å². The van der Waals surface area contributed by atoms with Crippen molar-refractivity contribution >= 4 is 11.7 Å². The summed E-state index contributed by atoms with van der Waals surface area (Å²) in [5, 5.41) is 18.3. The van der Waals surface area contributed by atoms with Crippen molar-refractivity contribution in [3.63, 3.8) is 0 Å². The van der Waals surface area contributed by atoms with E-state index in [9.17, 15) is 9.90 Å². The van der Waals surface area contributed by atoms with Crippen molar-refractivity contribution in [2.75, 3.05) is 18.0 Å². The summed E-state index contributed by atoms with van der Waals surface area (Å²) in [5.41, 5.74) is 5.61. The number of carboxylic acid groups (broad SMARTS) is 1. The van der Waals surface area contributed by atoms with E-state index in [1.165, 1.54) is 11.3 Å². The van der Waals surface area contributed by atoms with E-state index in [0.717, 1.165) is 55.8 Å². The summed E-state index contributed by atoms with van der Waals surface area (Å²) in [6.45, 7) is 9.07. The predicted molar refractivity (Wildman–Crippen MR) is 125 cm³/mol. The largest absolute Gasteiger partial charge is 0.481 e. The van der Waals surface area contributed by atoms with Crippen LogP contribution in [0.15, 0.2) is 28.8 Å². The molecule has 8 heteroatoms. The van der Waals surface area contributed by atoms with Gasteiger partial charge in [-0.05, 0) is 68.7 Å². The van der Waals surface area contributed by atoms with Gasteiger partial charge in [-0.2, -0.15) is 10.1 Å². The first kappa shape index (κ1) is 21.7. The summed E-state index contributed by atoms with van der Waals surface area (Å²) in [5.74, 6) is 0.114. The van der Waals surface area contributed by atoms with E-state index in [1.54, 1.807) is 0 Å². The zero-order chi connectivity index (χ0) is 23.2. The molecule has 0 radical (unpaired) electrons. The number of fused-ring (bicyclic) bond motifs is 1. The highest BCUT2D eigenvalue weighted by molar-refractivity contribution is 5.70. The molecule has 1 aromatic carbocycles. The Morgan fingerprint density at radius 3 is 2.61 bits per heavy atom. The minimum Gasteiger partial charge on any atom is -0.481 e. The van der Waals surface area contributed by atoms with Crippen LogP contribution in [0, 0.1) is 11.3 Å². The maximum atomic E-state index is 11.2. The van der Waals surface area contributed by atoms with Gasteiger partial charge in [0.05, 0.1) is 5.92 Å². The molecule has 0 bridgehead atoms. The van der Waals surface area contributed by atoms with Crippen LogP contribution in [0.2, 0.25) is 0 Å². The molecule has 1 N–H and O–H groups in total. The van der Waals surface area contributed by atoms with Crippen LogP contribution in [0.25, 0.3) is 23.0 Å². The number of aliphatic carboxylic acids is 1. The van der Waals surface area contributed by atoms with Crippen LogP contribution in [0.1, 0.15) is 51.3 Å². The topological polar surface area (TPSA) is 97.3 Å². The standard InChI is InChI=1S/C25H31N5O3/c1-4-30-20-15-25(2,3)12-9-19(20)21(27-30)23-26-22(28-33-23)16-5-7-18(8-6-16)29-13-10-17(11-14-29)24(31)32/h5-8,17H,4,9-15H2,1-3H3,(H,31,32). The smallest absolute Gasteiger partial charge is 0.306 e. The van der Waals surface area contributed by atoms with Crippen molar-refractivity contribution in [1.29, 1.82) is 0 Å². The Balaban J connectivity index is 1.35. The normalized spacial score (nSPS) is 18.3. The first-order valence-electron chi connectivity index (χ1n) is 11.9. The van der Waals surface area contributed by atoms with Crippen LogP contribution in [0.4, 0.5) is 5.69 Å². The third-order valence-corrected chi connectivity index (χ3v) is 7.13. The van der Waals surface area contributed by atoms with Crippen molar-refractivity contribution in [3.05, 3.63) is 35.5 Å². The van der Waals surface area contributed by atoms with Crippen LogP contribution in [0.5, 0.6) is 0 Å². The highest BCUT2D eigenvalue weighted by atomic mass is 16.5. The van der Waals surface area contributed by atoms with Crippen LogP contribution in [0.3, 0.4) is 0 Å². The van der Waals surface area contributed by atoms with Crippen LogP contribution in [-0.2, 0) is 24.2 Å². The first-order valence-corrected chi connectivity index (χ1v) is 11.9. The molecule has 0 saturated carbocycles. The molecule has 8 nitrogen and oxygen atoms in total. The Kier molecular flexibility index (Phi) is 5.46. The number of anilines is 1. The number of aryl methyl sites for hydroxylation is 1. The summed E-state index contributed by atoms with van der Waals surface area (Å²) < 4.78 is 7.74. The third-order valence-electron chi connectivity index (χ3n) is 7.13. The van der Waals surface area contributed by atoms with Crippen molar-refractivity contribution in [1.82, 2.24) is 19.9 Å². The second-order valence-corrected chi connectivity index (χ2v) is 10.0. The average molecular weight is 450 g/mol. The number of hydrogen-bond acceptors (Lipinski definition) is 6. The highest BCUT2D eigenvalue weighted by Gasteiger charge is 2.32. The van der Waals surface area contributed by atoms with Gasteiger partial charge in [-0.3, -0.25) is 9.48 Å². The van der Waals surface area contributed by atoms with E-state index in [0.29, 0.717) is 24.6 Å². The fourth-order valence-electron chi connectivity index (χ4n) is 5.08. The number of aromatic nitrogens is 4. The van der Waals surface area contributed by atoms with Crippen LogP contribution in [-0.4, -0.2) is 44.1 Å². The minimum absolute atomic E-state index is 0.230. The van der Waals surface area contributed by atoms with Gasteiger partial charge < -0.3 is 14.5 Å². The number of hydrogen-bond donors (Lipinski definition) is 1. The van der Waals surface area contributed by atoms with Crippen molar-refractivity contribution < 1.29 is 14.4 Å². The fourth-order valence-corrected chi connectivity index (χ4v) is 5.08. The number of carbonyl (C=O) groups is 1. The summed E-state index contributed by atoms with van der Waals surface area (Å²) in [6, 6.07) is 8.08. The molecule has 0 spiro atoms. The maximum absolute atomic E-state index is 11.2. The zero-order valence-corrected chi connectivity index (χ0v) is 19.5. The first-order chi connectivity index (χ1) is 15.8. The Bertz CT molecular complexity index is 1150. The Hall–Kier alpha value is -3.16. The fraction of sp³-hybridized carbons (Fsp3) is 0.520. The quantitative estimate of drug-likeness (QED) is 0.615. The lowest BCUT2D eigenvalue weighted by atomic mass is 9.76. The SMILES string of the molecule is CCn1nc(-c2nc(-c3ccc(N4CCC(C(=O)O)CC4)cc3)no2)c2c1CC(C)(C)CC2. The monoisotopic (exact) mass is 449 g/mol. The second-order valence-electron chi connectivity index (χ2n) is 10.0. The van der Waals surface area contributed by atoms with Gasteiger partial charge in [0.1, 0.15) is 0 Å². The van der Waals surface area contributed by atoms with Gasteiger partial charge in [0.25, 0.3) is 5.89 Å². The lowest BCUT2D eigenvalue weighted by Crippen LogP contribution is -2.36. The molecular formula is C25H31N5O3. The summed E-state index contributed by atoms with van der Waals surface area (Å²) in [4.78, 5) is 18.1. The maximum Gasteiger partial charge on any atom is 0.306 e. The molecule has 1 aliphatic heterocycles. The van der Waals surface area contributed by atoms with E-state index < -0.39 is 5.97 Å². The molecule has 1 fully saturated rings. The number of carboxylic acids is 1. The molecule has 0 atom stereocenters. The zero-order valence-electron chi connectivity index (χ0n) is 19.5. The van der Waals surface area contributed by atoms with E-state index in [4.69, 9.17) is 9.62 Å². The van der Waals surface area contributed by atoms with Gasteiger partial charge in [-0.15, -0.1) is 0 Å². The minimum atomic E-state index is -0.688. The van der Waals surface area contributed by atoms with E-state index in [2.05, 4.69) is 40.5 Å². The van der Waals surface area contributed by atoms with Gasteiger partial charge in [-0.1, -0.05) is 19.0 Å². The summed E-state index contributed by atoms with van der Waals surface area (Å²) >= 11 is 0. The molecule has 0 unspecified atom stereocenters. The Labute approximate surface area is 193 Å². The number of rotatable bonds is 5. The van der Waals surface area contributed by atoms with E-state index in [1.807, 2.05) is 24.3 Å². The van der Waals surface area contributed by atoms with E-state index in [-0.39, 0.29) is 11.3 Å². The molecule has 3 heterocycles. The van der Waals surface area contributed by atoms with Crippen molar-refractivity contribution in [3.8, 4) is 23.0 Å². The highest BCUT2D eigenvalue weighted by Crippen LogP contribution is 2.39. The molecule has 2 aliphatic rings. The molecular weight excluding hydrogens is 418 g/mol. The van der Waals surface area contributed by atoms with Gasteiger partial charge in [0.15, 0.2) is 5.69 Å². The van der Waals surface area contributed by atoms with Crippen molar-refractivity contribution in [2.24, 2.45) is 11.3 Å². The third kappa shape index (κ3) is 4.14. The molecule has 3 aromatic rings. The number of piperidine rings is 1. The van der Waals surface area contributed by atoms with Crippen molar-refractivity contribution in [2.45, 2.75) is 59.4 Å². The molecule has 33 heavy (non-hydrogen) atoms. The lowest BCUT2D eigenvalue weighted by molar-refractivity contribution is -0.142. The van der Waals surface area contributed by atoms with Crippen LogP contribution < -0.4 is 4.90 Å². The second kappa shape index (κ2) is 8.32. The van der Waals surface area contributed by atoms with Gasteiger partial charge in [0, 0.05) is 42.1 Å².